The minimum absolute atomic E-state index is 0.0863. The van der Waals surface area contributed by atoms with Gasteiger partial charge >= 0.3 is 6.03 Å². The highest BCUT2D eigenvalue weighted by atomic mass is 16.7. The summed E-state index contributed by atoms with van der Waals surface area (Å²) in [4.78, 5) is 25.4. The second kappa shape index (κ2) is 8.11. The van der Waals surface area contributed by atoms with Crippen molar-refractivity contribution in [1.82, 2.24) is 15.5 Å². The quantitative estimate of drug-likeness (QED) is 0.710. The molecular formula is C14H23N3O4. The van der Waals surface area contributed by atoms with Gasteiger partial charge in [-0.2, -0.15) is 0 Å². The highest BCUT2D eigenvalue weighted by molar-refractivity contribution is 5.95. The van der Waals surface area contributed by atoms with Crippen LogP contribution in [0.25, 0.3) is 0 Å². The van der Waals surface area contributed by atoms with Gasteiger partial charge in [-0.25, -0.2) is 4.79 Å². The molecule has 2 heterocycles. The first-order chi connectivity index (χ1) is 10.2. The molecule has 0 spiro atoms. The number of rotatable bonds is 5. The largest absolute Gasteiger partial charge is 0.349 e. The zero-order valence-corrected chi connectivity index (χ0v) is 12.2. The number of ether oxygens (including phenoxy) is 2. The molecule has 2 aliphatic heterocycles. The summed E-state index contributed by atoms with van der Waals surface area (Å²) < 4.78 is 11.1. The Hall–Kier alpha value is -1.44. The van der Waals surface area contributed by atoms with E-state index < -0.39 is 6.03 Å². The third-order valence-corrected chi connectivity index (χ3v) is 3.63. The van der Waals surface area contributed by atoms with Crippen molar-refractivity contribution in [2.24, 2.45) is 0 Å². The summed E-state index contributed by atoms with van der Waals surface area (Å²) in [5.41, 5.74) is 0. The molecule has 0 unspecified atom stereocenters. The first-order valence-electron chi connectivity index (χ1n) is 7.36. The molecule has 21 heavy (non-hydrogen) atoms. The molecule has 0 aromatic heterocycles. The van der Waals surface area contributed by atoms with E-state index in [1.807, 2.05) is 4.90 Å². The third-order valence-electron chi connectivity index (χ3n) is 3.63. The number of hydrogen-bond donors (Lipinski definition) is 2. The molecule has 2 saturated heterocycles. The van der Waals surface area contributed by atoms with Crippen LogP contribution >= 0.6 is 0 Å². The van der Waals surface area contributed by atoms with Gasteiger partial charge in [0.25, 0.3) is 0 Å². The van der Waals surface area contributed by atoms with Gasteiger partial charge in [0, 0.05) is 6.54 Å². The molecular weight excluding hydrogens is 274 g/mol. The van der Waals surface area contributed by atoms with Crippen molar-refractivity contribution < 1.29 is 19.1 Å². The fraction of sp³-hybridized carbons (Fsp3) is 0.714. The molecule has 1 atom stereocenters. The van der Waals surface area contributed by atoms with Gasteiger partial charge in [-0.05, 0) is 19.4 Å². The summed E-state index contributed by atoms with van der Waals surface area (Å²) in [5.74, 6) is -0.318. The number of nitrogens with one attached hydrogen (secondary N) is 2. The maximum Gasteiger partial charge on any atom is 0.321 e. The highest BCUT2D eigenvalue weighted by Crippen LogP contribution is 2.23. The normalized spacial score (nSPS) is 23.7. The highest BCUT2D eigenvalue weighted by Gasteiger charge is 2.34. The van der Waals surface area contributed by atoms with E-state index in [1.54, 1.807) is 6.08 Å². The second-order valence-corrected chi connectivity index (χ2v) is 5.19. The average molecular weight is 297 g/mol. The molecule has 7 heteroatoms. The minimum Gasteiger partial charge on any atom is -0.349 e. The van der Waals surface area contributed by atoms with E-state index in [9.17, 15) is 9.59 Å². The monoisotopic (exact) mass is 297 g/mol. The van der Waals surface area contributed by atoms with Crippen molar-refractivity contribution in [2.75, 3.05) is 32.8 Å². The van der Waals surface area contributed by atoms with Crippen LogP contribution in [-0.4, -0.2) is 62.0 Å². The molecule has 0 aromatic carbocycles. The molecule has 0 aromatic rings. The van der Waals surface area contributed by atoms with E-state index in [0.717, 1.165) is 25.8 Å². The zero-order valence-electron chi connectivity index (χ0n) is 12.2. The molecule has 2 rings (SSSR count). The minimum atomic E-state index is -0.498. The predicted molar refractivity (Wildman–Crippen MR) is 76.6 cm³/mol. The predicted octanol–water partition coefficient (Wildman–Crippen LogP) is 0.226. The fourth-order valence-electron chi connectivity index (χ4n) is 2.68. The van der Waals surface area contributed by atoms with Crippen LogP contribution in [-0.2, 0) is 14.3 Å². The smallest absolute Gasteiger partial charge is 0.321 e. The van der Waals surface area contributed by atoms with Crippen molar-refractivity contribution in [1.29, 1.82) is 0 Å². The molecule has 118 valence electrons. The second-order valence-electron chi connectivity index (χ2n) is 5.19. The number of urea groups is 1. The summed E-state index contributed by atoms with van der Waals surface area (Å²) in [6.45, 7) is 6.02. The Balaban J connectivity index is 1.82. The lowest BCUT2D eigenvalue weighted by Crippen LogP contribution is -2.52. The Kier molecular flexibility index (Phi) is 6.16. The third kappa shape index (κ3) is 4.80. The molecule has 0 aliphatic carbocycles. The Morgan fingerprint density at radius 2 is 2.05 bits per heavy atom. The number of imide groups is 1. The van der Waals surface area contributed by atoms with Gasteiger partial charge < -0.3 is 14.8 Å². The molecule has 2 N–H and O–H groups in total. The van der Waals surface area contributed by atoms with Crippen molar-refractivity contribution in [3.8, 4) is 0 Å². The zero-order chi connectivity index (χ0) is 15.1. The number of amides is 3. The molecule has 0 bridgehead atoms. The lowest BCUT2D eigenvalue weighted by Gasteiger charge is -2.37. The molecule has 2 fully saturated rings. The average Bonchev–Trinajstić information content (AvgIpc) is 2.99. The van der Waals surface area contributed by atoms with E-state index >= 15 is 0 Å². The molecule has 7 nitrogen and oxygen atoms in total. The Morgan fingerprint density at radius 3 is 2.76 bits per heavy atom. The topological polar surface area (TPSA) is 79.9 Å². The van der Waals surface area contributed by atoms with Crippen LogP contribution in [0.3, 0.4) is 0 Å². The van der Waals surface area contributed by atoms with E-state index in [4.69, 9.17) is 9.47 Å². The van der Waals surface area contributed by atoms with Crippen LogP contribution in [0.4, 0.5) is 4.79 Å². The Morgan fingerprint density at radius 1 is 1.29 bits per heavy atom. The van der Waals surface area contributed by atoms with Crippen LogP contribution in [0, 0.1) is 0 Å². The van der Waals surface area contributed by atoms with Gasteiger partial charge in [-0.1, -0.05) is 12.5 Å². The summed E-state index contributed by atoms with van der Waals surface area (Å²) >= 11 is 0. The Bertz CT molecular complexity index is 382. The maximum absolute atomic E-state index is 11.9. The lowest BCUT2D eigenvalue weighted by molar-refractivity contribution is -0.130. The van der Waals surface area contributed by atoms with Gasteiger partial charge in [-0.15, -0.1) is 6.58 Å². The Labute approximate surface area is 124 Å². The molecule has 2 aliphatic rings. The first-order valence-corrected chi connectivity index (χ1v) is 7.36. The summed E-state index contributed by atoms with van der Waals surface area (Å²) in [6.07, 6.45) is 4.39. The van der Waals surface area contributed by atoms with Gasteiger partial charge in [0.2, 0.25) is 5.91 Å². The standard InChI is InChI=1S/C14H23N3O4/c1-2-6-15-14(19)16-12(18)10-17-7-4-3-5-11(17)13-20-8-9-21-13/h2,11,13H,1,3-10H2,(H2,15,16,18,19)/t11-/m1/s1. The van der Waals surface area contributed by atoms with E-state index in [-0.39, 0.29) is 24.8 Å². The first kappa shape index (κ1) is 15.9. The van der Waals surface area contributed by atoms with Crippen molar-refractivity contribution in [3.63, 3.8) is 0 Å². The number of carbonyl (C=O) groups excluding carboxylic acids is 2. The number of carbonyl (C=O) groups is 2. The van der Waals surface area contributed by atoms with Gasteiger partial charge in [0.05, 0.1) is 25.8 Å². The van der Waals surface area contributed by atoms with Gasteiger partial charge in [0.1, 0.15) is 0 Å². The summed E-state index contributed by atoms with van der Waals surface area (Å²) in [5, 5.41) is 4.82. The van der Waals surface area contributed by atoms with Crippen LogP contribution in [0.5, 0.6) is 0 Å². The number of likely N-dealkylation sites (tertiary alicyclic amines) is 1. The van der Waals surface area contributed by atoms with E-state index in [2.05, 4.69) is 17.2 Å². The summed E-state index contributed by atoms with van der Waals surface area (Å²) in [6, 6.07) is -0.412. The molecule has 3 amide bonds. The van der Waals surface area contributed by atoms with Crippen molar-refractivity contribution >= 4 is 11.9 Å². The van der Waals surface area contributed by atoms with Crippen LogP contribution in [0.1, 0.15) is 19.3 Å². The number of nitrogens with zero attached hydrogens (tertiary/aromatic N) is 1. The van der Waals surface area contributed by atoms with Crippen LogP contribution < -0.4 is 10.6 Å². The van der Waals surface area contributed by atoms with Crippen LogP contribution in [0.2, 0.25) is 0 Å². The van der Waals surface area contributed by atoms with Crippen molar-refractivity contribution in [2.45, 2.75) is 31.6 Å². The van der Waals surface area contributed by atoms with E-state index in [0.29, 0.717) is 19.8 Å². The van der Waals surface area contributed by atoms with Crippen molar-refractivity contribution in [3.05, 3.63) is 12.7 Å². The van der Waals surface area contributed by atoms with Gasteiger partial charge in [0.15, 0.2) is 6.29 Å². The van der Waals surface area contributed by atoms with E-state index in [1.165, 1.54) is 0 Å². The fourth-order valence-corrected chi connectivity index (χ4v) is 2.68. The van der Waals surface area contributed by atoms with Crippen LogP contribution in [0.15, 0.2) is 12.7 Å². The summed E-state index contributed by atoms with van der Waals surface area (Å²) in [7, 11) is 0. The van der Waals surface area contributed by atoms with Gasteiger partial charge in [-0.3, -0.25) is 15.0 Å². The lowest BCUT2D eigenvalue weighted by atomic mass is 10.0. The maximum atomic E-state index is 11.9. The molecule has 0 saturated carbocycles. The SMILES string of the molecule is C=CCNC(=O)NC(=O)CN1CCCC[C@@H]1C1OCCO1. The number of piperidine rings is 1. The number of hydrogen-bond acceptors (Lipinski definition) is 5. The molecule has 0 radical (unpaired) electrons.